The molecule has 1 fully saturated rings. The standard InChI is InChI=1S/C19H23ClN4O/c1-15(19(25)22-14-16-5-7-17(20)8-6-16)23-10-12-24(13-11-23)18-4-2-3-9-21-18/h2-9,15H,10-14H2,1H3,(H,22,25)/t15-/m1/s1. The highest BCUT2D eigenvalue weighted by molar-refractivity contribution is 6.30. The van der Waals surface area contributed by atoms with Crippen molar-refractivity contribution in [2.45, 2.75) is 19.5 Å². The molecule has 1 saturated heterocycles. The van der Waals surface area contributed by atoms with Crippen LogP contribution in [0.2, 0.25) is 5.02 Å². The van der Waals surface area contributed by atoms with Gasteiger partial charge in [-0.1, -0.05) is 29.8 Å². The van der Waals surface area contributed by atoms with Crippen LogP contribution in [0.4, 0.5) is 5.82 Å². The van der Waals surface area contributed by atoms with Crippen LogP contribution in [0.25, 0.3) is 0 Å². The van der Waals surface area contributed by atoms with Crippen LogP contribution >= 0.6 is 11.6 Å². The number of carbonyl (C=O) groups excluding carboxylic acids is 1. The highest BCUT2D eigenvalue weighted by atomic mass is 35.5. The quantitative estimate of drug-likeness (QED) is 0.892. The number of amides is 1. The normalized spacial score (nSPS) is 16.5. The first-order valence-corrected chi connectivity index (χ1v) is 8.93. The largest absolute Gasteiger partial charge is 0.354 e. The zero-order valence-corrected chi connectivity index (χ0v) is 15.1. The van der Waals surface area contributed by atoms with Crippen molar-refractivity contribution in [2.24, 2.45) is 0 Å². The van der Waals surface area contributed by atoms with Crippen LogP contribution in [0.1, 0.15) is 12.5 Å². The molecule has 2 aromatic rings. The van der Waals surface area contributed by atoms with Gasteiger partial charge in [-0.3, -0.25) is 9.69 Å². The number of hydrogen-bond donors (Lipinski definition) is 1. The number of rotatable bonds is 5. The summed E-state index contributed by atoms with van der Waals surface area (Å²) in [5.41, 5.74) is 1.05. The maximum absolute atomic E-state index is 12.4. The van der Waals surface area contributed by atoms with E-state index in [0.717, 1.165) is 37.6 Å². The molecule has 0 radical (unpaired) electrons. The molecule has 0 aliphatic carbocycles. The zero-order chi connectivity index (χ0) is 17.6. The van der Waals surface area contributed by atoms with Gasteiger partial charge >= 0.3 is 0 Å². The number of carbonyl (C=O) groups is 1. The lowest BCUT2D eigenvalue weighted by Crippen LogP contribution is -2.54. The van der Waals surface area contributed by atoms with Crippen LogP contribution < -0.4 is 10.2 Å². The minimum atomic E-state index is -0.141. The fourth-order valence-corrected chi connectivity index (χ4v) is 3.11. The summed E-state index contributed by atoms with van der Waals surface area (Å²) in [6.07, 6.45) is 1.81. The first-order valence-electron chi connectivity index (χ1n) is 8.55. The number of pyridine rings is 1. The Labute approximate surface area is 153 Å². The van der Waals surface area contributed by atoms with Crippen molar-refractivity contribution in [3.05, 3.63) is 59.2 Å². The lowest BCUT2D eigenvalue weighted by Gasteiger charge is -2.37. The third kappa shape index (κ3) is 4.71. The molecule has 1 aliphatic rings. The summed E-state index contributed by atoms with van der Waals surface area (Å²) < 4.78 is 0. The van der Waals surface area contributed by atoms with Gasteiger partial charge in [0.05, 0.1) is 6.04 Å². The molecule has 1 amide bonds. The third-order valence-electron chi connectivity index (χ3n) is 4.59. The number of piperazine rings is 1. The molecule has 3 rings (SSSR count). The summed E-state index contributed by atoms with van der Waals surface area (Å²) in [5.74, 6) is 1.06. The Morgan fingerprint density at radius 1 is 1.16 bits per heavy atom. The van der Waals surface area contributed by atoms with E-state index in [4.69, 9.17) is 11.6 Å². The van der Waals surface area contributed by atoms with Crippen molar-refractivity contribution < 1.29 is 4.79 Å². The summed E-state index contributed by atoms with van der Waals surface area (Å²) in [6.45, 7) is 5.96. The summed E-state index contributed by atoms with van der Waals surface area (Å²) in [4.78, 5) is 21.3. The van der Waals surface area contributed by atoms with E-state index >= 15 is 0 Å². The average Bonchev–Trinajstić information content (AvgIpc) is 2.67. The number of aromatic nitrogens is 1. The molecule has 6 heteroatoms. The molecule has 2 heterocycles. The van der Waals surface area contributed by atoms with Gasteiger partial charge in [-0.25, -0.2) is 4.98 Å². The van der Waals surface area contributed by atoms with Gasteiger partial charge in [-0.15, -0.1) is 0 Å². The molecule has 0 unspecified atom stereocenters. The van der Waals surface area contributed by atoms with E-state index in [9.17, 15) is 4.79 Å². The van der Waals surface area contributed by atoms with Gasteiger partial charge in [0, 0.05) is 43.9 Å². The number of benzene rings is 1. The van der Waals surface area contributed by atoms with Crippen molar-refractivity contribution in [3.63, 3.8) is 0 Å². The van der Waals surface area contributed by atoms with E-state index in [0.29, 0.717) is 11.6 Å². The fourth-order valence-electron chi connectivity index (χ4n) is 2.98. The Morgan fingerprint density at radius 3 is 2.52 bits per heavy atom. The summed E-state index contributed by atoms with van der Waals surface area (Å²) in [5, 5.41) is 3.71. The van der Waals surface area contributed by atoms with Crippen molar-refractivity contribution in [1.29, 1.82) is 0 Å². The second kappa shape index (κ2) is 8.32. The summed E-state index contributed by atoms with van der Waals surface area (Å²) in [6, 6.07) is 13.3. The van der Waals surface area contributed by atoms with E-state index in [-0.39, 0.29) is 11.9 Å². The first kappa shape index (κ1) is 17.7. The molecule has 1 N–H and O–H groups in total. The monoisotopic (exact) mass is 358 g/mol. The van der Waals surface area contributed by atoms with Crippen molar-refractivity contribution in [1.82, 2.24) is 15.2 Å². The Hall–Kier alpha value is -2.11. The highest BCUT2D eigenvalue weighted by Crippen LogP contribution is 2.14. The molecule has 25 heavy (non-hydrogen) atoms. The van der Waals surface area contributed by atoms with Crippen molar-refractivity contribution in [2.75, 3.05) is 31.1 Å². The number of hydrogen-bond acceptors (Lipinski definition) is 4. The summed E-state index contributed by atoms with van der Waals surface area (Å²) >= 11 is 5.88. The minimum Gasteiger partial charge on any atom is -0.354 e. The molecule has 1 aromatic heterocycles. The van der Waals surface area contributed by atoms with E-state index in [1.807, 2.05) is 55.6 Å². The van der Waals surface area contributed by atoms with Gasteiger partial charge in [-0.05, 0) is 36.8 Å². The summed E-state index contributed by atoms with van der Waals surface area (Å²) in [7, 11) is 0. The number of nitrogens with zero attached hydrogens (tertiary/aromatic N) is 3. The average molecular weight is 359 g/mol. The fraction of sp³-hybridized carbons (Fsp3) is 0.368. The van der Waals surface area contributed by atoms with Gasteiger partial charge < -0.3 is 10.2 Å². The van der Waals surface area contributed by atoms with Gasteiger partial charge in [0.1, 0.15) is 5.82 Å². The van der Waals surface area contributed by atoms with Crippen molar-refractivity contribution >= 4 is 23.3 Å². The molecule has 0 spiro atoms. The Kier molecular flexibility index (Phi) is 5.89. The molecule has 1 aromatic carbocycles. The molecule has 1 atom stereocenters. The van der Waals surface area contributed by atoms with Crippen molar-refractivity contribution in [3.8, 4) is 0 Å². The van der Waals surface area contributed by atoms with Gasteiger partial charge in [0.15, 0.2) is 0 Å². The van der Waals surface area contributed by atoms with Gasteiger partial charge in [0.25, 0.3) is 0 Å². The number of halogens is 1. The van der Waals surface area contributed by atoms with E-state index in [1.165, 1.54) is 0 Å². The first-order chi connectivity index (χ1) is 12.1. The molecular formula is C19H23ClN4O. The van der Waals surface area contributed by atoms with Gasteiger partial charge in [0.2, 0.25) is 5.91 Å². The minimum absolute atomic E-state index is 0.0567. The van der Waals surface area contributed by atoms with Crippen LogP contribution in [0.5, 0.6) is 0 Å². The lowest BCUT2D eigenvalue weighted by atomic mass is 10.2. The molecule has 132 valence electrons. The maximum Gasteiger partial charge on any atom is 0.237 e. The van der Waals surface area contributed by atoms with Crippen LogP contribution in [0.15, 0.2) is 48.7 Å². The predicted molar refractivity (Wildman–Crippen MR) is 101 cm³/mol. The highest BCUT2D eigenvalue weighted by Gasteiger charge is 2.25. The van der Waals surface area contributed by atoms with E-state index < -0.39 is 0 Å². The number of anilines is 1. The van der Waals surface area contributed by atoms with Crippen LogP contribution in [0.3, 0.4) is 0 Å². The molecule has 0 saturated carbocycles. The van der Waals surface area contributed by atoms with Crippen LogP contribution in [0, 0.1) is 0 Å². The molecule has 1 aliphatic heterocycles. The number of nitrogens with one attached hydrogen (secondary N) is 1. The Morgan fingerprint density at radius 2 is 1.88 bits per heavy atom. The Bertz CT molecular complexity index is 684. The smallest absolute Gasteiger partial charge is 0.237 e. The third-order valence-corrected chi connectivity index (χ3v) is 4.85. The lowest BCUT2D eigenvalue weighted by molar-refractivity contribution is -0.126. The van der Waals surface area contributed by atoms with E-state index in [1.54, 1.807) is 0 Å². The molecule has 0 bridgehead atoms. The second-order valence-corrected chi connectivity index (χ2v) is 6.67. The zero-order valence-electron chi connectivity index (χ0n) is 14.4. The Balaban J connectivity index is 1.47. The predicted octanol–water partition coefficient (Wildman–Crippen LogP) is 2.56. The molecule has 5 nitrogen and oxygen atoms in total. The van der Waals surface area contributed by atoms with Gasteiger partial charge in [-0.2, -0.15) is 0 Å². The van der Waals surface area contributed by atoms with E-state index in [2.05, 4.69) is 20.1 Å². The SMILES string of the molecule is C[C@H](C(=O)NCc1ccc(Cl)cc1)N1CCN(c2ccccn2)CC1. The van der Waals surface area contributed by atoms with Crippen LogP contribution in [-0.4, -0.2) is 48.0 Å². The van der Waals surface area contributed by atoms with Crippen LogP contribution in [-0.2, 0) is 11.3 Å². The molecular weight excluding hydrogens is 336 g/mol. The second-order valence-electron chi connectivity index (χ2n) is 6.23. The topological polar surface area (TPSA) is 48.5 Å². The maximum atomic E-state index is 12.4.